The molecule has 0 spiro atoms. The highest BCUT2D eigenvalue weighted by atomic mass is 19.4. The van der Waals surface area contributed by atoms with Gasteiger partial charge in [-0.25, -0.2) is 9.69 Å². The first-order chi connectivity index (χ1) is 30.2. The molecule has 0 atom stereocenters. The molecule has 0 fully saturated rings. The number of nitrogens with zero attached hydrogens (tertiary/aromatic N) is 6. The number of para-hydroxylation sites is 2. The second kappa shape index (κ2) is 14.4. The predicted octanol–water partition coefficient (Wildman–Crippen LogP) is 14.7. The van der Waals surface area contributed by atoms with E-state index in [0.717, 1.165) is 55.4 Å². The zero-order valence-corrected chi connectivity index (χ0v) is 32.4. The zero-order chi connectivity index (χ0) is 42.7. The molecule has 0 aliphatic heterocycles. The average Bonchev–Trinajstić information content (AvgIpc) is 3.82. The molecule has 8 aromatic carbocycles. The molecule has 0 aliphatic carbocycles. The van der Waals surface area contributed by atoms with Crippen LogP contribution in [-0.2, 0) is 6.18 Å². The van der Waals surface area contributed by atoms with Crippen LogP contribution in [0.25, 0.3) is 98.1 Å². The van der Waals surface area contributed by atoms with Crippen LogP contribution in [0.15, 0.2) is 164 Å². The van der Waals surface area contributed by atoms with Crippen LogP contribution in [0, 0.1) is 35.8 Å². The molecule has 2 heterocycles. The van der Waals surface area contributed by atoms with Gasteiger partial charge in [0, 0.05) is 27.1 Å². The summed E-state index contributed by atoms with van der Waals surface area (Å²) in [5.41, 5.74) is 6.27. The topological polar surface area (TPSA) is 66.2 Å². The first-order valence-corrected chi connectivity index (χ1v) is 19.4. The van der Waals surface area contributed by atoms with Crippen molar-refractivity contribution in [2.75, 3.05) is 0 Å². The van der Waals surface area contributed by atoms with Crippen molar-refractivity contribution in [3.8, 4) is 56.9 Å². The van der Waals surface area contributed by atoms with E-state index >= 15 is 13.2 Å². The van der Waals surface area contributed by atoms with Crippen molar-refractivity contribution < 1.29 is 13.2 Å². The smallest absolute Gasteiger partial charge is 0.309 e. The highest BCUT2D eigenvalue weighted by Crippen LogP contribution is 2.48. The Kier molecular flexibility index (Phi) is 8.70. The summed E-state index contributed by atoms with van der Waals surface area (Å²) in [7, 11) is 0. The van der Waals surface area contributed by atoms with E-state index in [0.29, 0.717) is 33.5 Å². The third kappa shape index (κ3) is 5.93. The highest BCUT2D eigenvalue weighted by Gasteiger charge is 2.36. The lowest BCUT2D eigenvalue weighted by Crippen LogP contribution is -2.10. The number of hydrogen-bond donors (Lipinski definition) is 0. The van der Waals surface area contributed by atoms with E-state index in [2.05, 4.69) is 21.8 Å². The Labute approximate surface area is 353 Å². The molecule has 0 saturated heterocycles. The van der Waals surface area contributed by atoms with Crippen LogP contribution < -0.4 is 0 Å². The predicted molar refractivity (Wildman–Crippen MR) is 238 cm³/mol. The minimum absolute atomic E-state index is 0.102. The average molecular weight is 805 g/mol. The molecule has 0 unspecified atom stereocenters. The number of rotatable bonds is 5. The summed E-state index contributed by atoms with van der Waals surface area (Å²) in [6.07, 6.45) is -4.84. The lowest BCUT2D eigenvalue weighted by molar-refractivity contribution is -0.137. The van der Waals surface area contributed by atoms with Crippen molar-refractivity contribution in [2.24, 2.45) is 0 Å². The molecule has 0 radical (unpaired) electrons. The van der Waals surface area contributed by atoms with Gasteiger partial charge in [-0.1, -0.05) is 109 Å². The van der Waals surface area contributed by atoms with E-state index in [1.807, 2.05) is 112 Å². The van der Waals surface area contributed by atoms with Gasteiger partial charge in [0.05, 0.1) is 69.3 Å². The lowest BCUT2D eigenvalue weighted by atomic mass is 9.93. The summed E-state index contributed by atoms with van der Waals surface area (Å²) in [6, 6.07) is 52.9. The van der Waals surface area contributed by atoms with E-state index in [-0.39, 0.29) is 28.1 Å². The van der Waals surface area contributed by atoms with Crippen LogP contribution in [0.2, 0.25) is 0 Å². The van der Waals surface area contributed by atoms with E-state index in [4.69, 9.17) is 13.1 Å². The lowest BCUT2D eigenvalue weighted by Gasteiger charge is -2.22. The minimum atomic E-state index is -4.84. The highest BCUT2D eigenvalue weighted by molar-refractivity contribution is 6.12. The van der Waals surface area contributed by atoms with Crippen LogP contribution in [0.3, 0.4) is 0 Å². The number of halogens is 3. The van der Waals surface area contributed by atoms with Crippen molar-refractivity contribution in [2.45, 2.75) is 6.18 Å². The van der Waals surface area contributed by atoms with E-state index in [1.54, 1.807) is 42.5 Å². The fraction of sp³-hybridized carbons (Fsp3) is 0.0189. The SMILES string of the molecule is [C-]#[N+]c1cccc(-c2ccc3c4ccccc4n(-c4cc(C#N)c(-n5c6ccccc6c6ccc(-c7cccc(C#N)c7)cc65)cc4-c4c([N+]#[C-])cccc4C(F)(F)F)c3c2)c1. The van der Waals surface area contributed by atoms with Gasteiger partial charge < -0.3 is 9.13 Å². The summed E-state index contributed by atoms with van der Waals surface area (Å²) in [6.45, 7) is 15.8. The largest absolute Gasteiger partial charge is 0.415 e. The third-order valence-electron chi connectivity index (χ3n) is 11.4. The molecule has 10 aromatic rings. The number of aromatic nitrogens is 2. The fourth-order valence-electron chi connectivity index (χ4n) is 8.73. The summed E-state index contributed by atoms with van der Waals surface area (Å²) >= 11 is 0. The number of fused-ring (bicyclic) bond motifs is 6. The number of nitriles is 2. The summed E-state index contributed by atoms with van der Waals surface area (Å²) in [5, 5.41) is 24.2. The third-order valence-corrected chi connectivity index (χ3v) is 11.4. The molecular formula is C53H27F3N6. The molecule has 9 heteroatoms. The van der Waals surface area contributed by atoms with Crippen LogP contribution >= 0.6 is 0 Å². The first kappa shape index (κ1) is 37.4. The van der Waals surface area contributed by atoms with Crippen LogP contribution in [-0.4, -0.2) is 9.13 Å². The molecule has 0 saturated carbocycles. The maximum atomic E-state index is 15.3. The Morgan fingerprint density at radius 2 is 1.05 bits per heavy atom. The molecule has 62 heavy (non-hydrogen) atoms. The summed E-state index contributed by atoms with van der Waals surface area (Å²) < 4.78 is 49.7. The molecule has 6 nitrogen and oxygen atoms in total. The fourth-order valence-corrected chi connectivity index (χ4v) is 8.73. The normalized spacial score (nSPS) is 11.4. The quantitative estimate of drug-likeness (QED) is 0.163. The maximum absolute atomic E-state index is 15.3. The second-order valence-corrected chi connectivity index (χ2v) is 14.8. The summed E-state index contributed by atoms with van der Waals surface area (Å²) in [4.78, 5) is 7.26. The maximum Gasteiger partial charge on any atom is 0.415 e. The molecule has 10 rings (SSSR count). The minimum Gasteiger partial charge on any atom is -0.309 e. The zero-order valence-electron chi connectivity index (χ0n) is 32.4. The van der Waals surface area contributed by atoms with E-state index in [9.17, 15) is 10.5 Å². The van der Waals surface area contributed by atoms with Crippen molar-refractivity contribution in [1.82, 2.24) is 9.13 Å². The van der Waals surface area contributed by atoms with Crippen molar-refractivity contribution in [1.29, 1.82) is 10.5 Å². The van der Waals surface area contributed by atoms with Gasteiger partial charge in [0.25, 0.3) is 0 Å². The molecule has 0 N–H and O–H groups in total. The number of alkyl halides is 3. The van der Waals surface area contributed by atoms with Gasteiger partial charge in [0.1, 0.15) is 6.07 Å². The van der Waals surface area contributed by atoms with Gasteiger partial charge in [-0.15, -0.1) is 0 Å². The Morgan fingerprint density at radius 3 is 1.65 bits per heavy atom. The Bertz CT molecular complexity index is 3690. The molecular weight excluding hydrogens is 778 g/mol. The first-order valence-electron chi connectivity index (χ1n) is 19.4. The van der Waals surface area contributed by atoms with Crippen molar-refractivity contribution in [3.63, 3.8) is 0 Å². The number of hydrogen-bond acceptors (Lipinski definition) is 2. The van der Waals surface area contributed by atoms with Gasteiger partial charge in [-0.3, -0.25) is 0 Å². The van der Waals surface area contributed by atoms with Crippen LogP contribution in [0.5, 0.6) is 0 Å². The van der Waals surface area contributed by atoms with Crippen molar-refractivity contribution in [3.05, 3.63) is 203 Å². The standard InChI is InChI=1S/C53H27F3N6/c1-59-38-13-8-12-34(25-38)36-21-23-42-40-15-4-6-19-47(40)62(50(42)27-36)51-28-37(31-58)48(29-43(51)52-44(53(54,55)56)16-9-17-45(52)60-2)61-46-18-5-3-14-39(46)41-22-20-35(26-49(41)61)33-11-7-10-32(24-33)30-57/h3-29H. The molecule has 0 amide bonds. The summed E-state index contributed by atoms with van der Waals surface area (Å²) in [5.74, 6) is 0. The van der Waals surface area contributed by atoms with Gasteiger partial charge in [0.2, 0.25) is 0 Å². The van der Waals surface area contributed by atoms with Gasteiger partial charge in [0.15, 0.2) is 11.4 Å². The Balaban J connectivity index is 1.35. The Morgan fingerprint density at radius 1 is 0.484 bits per heavy atom. The van der Waals surface area contributed by atoms with Crippen LogP contribution in [0.4, 0.5) is 24.5 Å². The molecule has 0 aliphatic rings. The monoisotopic (exact) mass is 804 g/mol. The molecule has 2 aromatic heterocycles. The molecule has 290 valence electrons. The van der Waals surface area contributed by atoms with Gasteiger partial charge >= 0.3 is 6.18 Å². The number of benzene rings is 8. The van der Waals surface area contributed by atoms with E-state index < -0.39 is 11.7 Å². The molecule has 0 bridgehead atoms. The van der Waals surface area contributed by atoms with Gasteiger partial charge in [-0.2, -0.15) is 23.7 Å². The second-order valence-electron chi connectivity index (χ2n) is 14.8. The van der Waals surface area contributed by atoms with Crippen LogP contribution in [0.1, 0.15) is 16.7 Å². The van der Waals surface area contributed by atoms with E-state index in [1.165, 1.54) is 12.1 Å². The van der Waals surface area contributed by atoms with Gasteiger partial charge in [-0.05, 0) is 82.4 Å². The van der Waals surface area contributed by atoms with Crippen molar-refractivity contribution >= 4 is 55.0 Å². The Hall–Kier alpha value is -8.89.